The highest BCUT2D eigenvalue weighted by Crippen LogP contribution is 2.32. The first-order valence-corrected chi connectivity index (χ1v) is 11.5. The second kappa shape index (κ2) is 10.2. The van der Waals surface area contributed by atoms with Crippen LogP contribution in [-0.4, -0.2) is 22.7 Å². The van der Waals surface area contributed by atoms with Crippen LogP contribution >= 0.6 is 0 Å². The monoisotopic (exact) mass is 490 g/mol. The summed E-state index contributed by atoms with van der Waals surface area (Å²) < 4.78 is 5.96. The van der Waals surface area contributed by atoms with Gasteiger partial charge in [0.25, 0.3) is 0 Å². The predicted molar refractivity (Wildman–Crippen MR) is 142 cm³/mol. The number of ether oxygens (including phenoxy) is 1. The van der Waals surface area contributed by atoms with E-state index in [1.807, 2.05) is 55.5 Å². The van der Waals surface area contributed by atoms with Gasteiger partial charge in [0, 0.05) is 16.7 Å². The highest BCUT2D eigenvalue weighted by molar-refractivity contribution is 6.16. The Labute approximate surface area is 213 Å². The Hall–Kier alpha value is -5.11. The zero-order chi connectivity index (χ0) is 25.8. The number of hydrogen-bond acceptors (Lipinski definition) is 7. The molecule has 0 aromatic heterocycles. The number of carboxylic acid groups (broad SMARTS) is 1. The highest BCUT2D eigenvalue weighted by Gasteiger charge is 2.24. The third-order valence-electron chi connectivity index (χ3n) is 5.87. The van der Waals surface area contributed by atoms with Crippen molar-refractivity contribution in [2.24, 2.45) is 15.2 Å². The van der Waals surface area contributed by atoms with E-state index in [1.165, 1.54) is 6.07 Å². The molecule has 8 nitrogen and oxygen atoms in total. The van der Waals surface area contributed by atoms with Gasteiger partial charge in [0.15, 0.2) is 6.17 Å². The first-order chi connectivity index (χ1) is 18.0. The summed E-state index contributed by atoms with van der Waals surface area (Å²) in [5.74, 6) is 1.33. The number of nitrogens with zero attached hydrogens (tertiary/aromatic N) is 3. The van der Waals surface area contributed by atoms with E-state index in [1.54, 1.807) is 42.5 Å². The number of nitroso groups, excluding NO2 is 1. The normalized spacial score (nSPS) is 14.7. The number of aromatic carboxylic acids is 1. The molecular weight excluding hydrogens is 468 g/mol. The van der Waals surface area contributed by atoms with Gasteiger partial charge in [0.05, 0.1) is 5.56 Å². The molecule has 1 heterocycles. The second-order valence-corrected chi connectivity index (χ2v) is 8.38. The smallest absolute Gasteiger partial charge is 0.335 e. The van der Waals surface area contributed by atoms with Crippen LogP contribution in [0.15, 0.2) is 112 Å². The molecule has 0 spiro atoms. The third-order valence-corrected chi connectivity index (χ3v) is 5.87. The number of aryl methyl sites for hydroxylation is 1. The molecule has 0 saturated heterocycles. The number of hydrogen-bond donors (Lipinski definition) is 2. The lowest BCUT2D eigenvalue weighted by Crippen LogP contribution is -2.36. The largest absolute Gasteiger partial charge is 0.478 e. The SMILES string of the molecule is Cc1cc(Oc2ccccc2)ccc1C1=NC(c2ccccc2N=O)N=C(c2cccc(C(=O)O)c2)N1. The Morgan fingerprint density at radius 2 is 1.62 bits per heavy atom. The van der Waals surface area contributed by atoms with Crippen molar-refractivity contribution in [2.75, 3.05) is 0 Å². The van der Waals surface area contributed by atoms with Crippen LogP contribution in [0.4, 0.5) is 5.69 Å². The summed E-state index contributed by atoms with van der Waals surface area (Å²) in [4.78, 5) is 32.6. The molecule has 37 heavy (non-hydrogen) atoms. The lowest BCUT2D eigenvalue weighted by molar-refractivity contribution is 0.0697. The Bertz CT molecular complexity index is 1550. The number of benzene rings is 4. The van der Waals surface area contributed by atoms with Crippen molar-refractivity contribution < 1.29 is 14.6 Å². The van der Waals surface area contributed by atoms with E-state index in [0.717, 1.165) is 16.9 Å². The van der Waals surface area contributed by atoms with Crippen LogP contribution in [0.25, 0.3) is 0 Å². The van der Waals surface area contributed by atoms with Gasteiger partial charge >= 0.3 is 5.97 Å². The number of nitrogens with one attached hydrogen (secondary N) is 1. The molecule has 1 aliphatic heterocycles. The molecule has 4 aromatic carbocycles. The van der Waals surface area contributed by atoms with Gasteiger partial charge in [0.1, 0.15) is 28.9 Å². The number of aliphatic imine (C=N–C) groups is 2. The molecule has 1 aliphatic rings. The summed E-state index contributed by atoms with van der Waals surface area (Å²) in [6, 6.07) is 28.5. The molecule has 4 aromatic rings. The molecule has 0 aliphatic carbocycles. The quantitative estimate of drug-likeness (QED) is 0.292. The van der Waals surface area contributed by atoms with Crippen LogP contribution in [-0.2, 0) is 0 Å². The van der Waals surface area contributed by atoms with Crippen molar-refractivity contribution in [2.45, 2.75) is 13.1 Å². The summed E-state index contributed by atoms with van der Waals surface area (Å²) in [6.45, 7) is 1.95. The maximum absolute atomic E-state index is 11.6. The Kier molecular flexibility index (Phi) is 6.54. The molecule has 5 rings (SSSR count). The van der Waals surface area contributed by atoms with E-state index in [4.69, 9.17) is 14.7 Å². The summed E-state index contributed by atoms with van der Waals surface area (Å²) >= 11 is 0. The topological polar surface area (TPSA) is 113 Å². The Morgan fingerprint density at radius 1 is 0.865 bits per heavy atom. The Morgan fingerprint density at radius 3 is 2.38 bits per heavy atom. The van der Waals surface area contributed by atoms with Crippen molar-refractivity contribution in [3.05, 3.63) is 130 Å². The minimum atomic E-state index is -1.04. The van der Waals surface area contributed by atoms with E-state index in [-0.39, 0.29) is 11.3 Å². The van der Waals surface area contributed by atoms with Crippen molar-refractivity contribution in [3.63, 3.8) is 0 Å². The van der Waals surface area contributed by atoms with Gasteiger partial charge in [0.2, 0.25) is 0 Å². The molecule has 0 amide bonds. The van der Waals surface area contributed by atoms with E-state index in [2.05, 4.69) is 10.5 Å². The number of para-hydroxylation sites is 1. The fourth-order valence-corrected chi connectivity index (χ4v) is 4.05. The zero-order valence-corrected chi connectivity index (χ0v) is 19.8. The van der Waals surface area contributed by atoms with Crippen LogP contribution < -0.4 is 10.1 Å². The molecule has 0 bridgehead atoms. The number of carboxylic acids is 1. The zero-order valence-electron chi connectivity index (χ0n) is 19.8. The second-order valence-electron chi connectivity index (χ2n) is 8.38. The van der Waals surface area contributed by atoms with Gasteiger partial charge in [-0.3, -0.25) is 0 Å². The van der Waals surface area contributed by atoms with E-state index >= 15 is 0 Å². The third kappa shape index (κ3) is 5.13. The van der Waals surface area contributed by atoms with Gasteiger partial charge in [-0.2, -0.15) is 0 Å². The fourth-order valence-electron chi connectivity index (χ4n) is 4.05. The maximum atomic E-state index is 11.6. The molecule has 0 fully saturated rings. The van der Waals surface area contributed by atoms with E-state index in [9.17, 15) is 14.8 Å². The molecule has 8 heteroatoms. The van der Waals surface area contributed by atoms with Crippen molar-refractivity contribution in [3.8, 4) is 11.5 Å². The molecular formula is C29H22N4O4. The van der Waals surface area contributed by atoms with Crippen molar-refractivity contribution in [1.29, 1.82) is 0 Å². The number of amidine groups is 2. The summed E-state index contributed by atoms with van der Waals surface area (Å²) in [7, 11) is 0. The first kappa shape index (κ1) is 23.6. The highest BCUT2D eigenvalue weighted by atomic mass is 16.5. The van der Waals surface area contributed by atoms with Gasteiger partial charge in [-0.25, -0.2) is 14.8 Å². The minimum absolute atomic E-state index is 0.135. The lowest BCUT2D eigenvalue weighted by Gasteiger charge is -2.23. The summed E-state index contributed by atoms with van der Waals surface area (Å²) in [5, 5.41) is 15.9. The molecule has 182 valence electrons. The molecule has 1 atom stereocenters. The summed E-state index contributed by atoms with van der Waals surface area (Å²) in [5.41, 5.74) is 3.21. The average Bonchev–Trinajstić information content (AvgIpc) is 2.93. The van der Waals surface area contributed by atoms with Crippen molar-refractivity contribution in [1.82, 2.24) is 5.32 Å². The average molecular weight is 491 g/mol. The van der Waals surface area contributed by atoms with Crippen LogP contribution in [0.5, 0.6) is 11.5 Å². The molecule has 0 saturated carbocycles. The van der Waals surface area contributed by atoms with E-state index < -0.39 is 12.1 Å². The Balaban J connectivity index is 1.55. The molecule has 1 unspecified atom stereocenters. The lowest BCUT2D eigenvalue weighted by atomic mass is 10.0. The van der Waals surface area contributed by atoms with Crippen molar-refractivity contribution >= 4 is 23.3 Å². The van der Waals surface area contributed by atoms with Gasteiger partial charge in [-0.1, -0.05) is 48.5 Å². The van der Waals surface area contributed by atoms with Crippen LogP contribution in [0.2, 0.25) is 0 Å². The van der Waals surface area contributed by atoms with Crippen LogP contribution in [0.3, 0.4) is 0 Å². The molecule has 2 N–H and O–H groups in total. The van der Waals surface area contributed by atoms with Crippen LogP contribution in [0, 0.1) is 11.8 Å². The number of rotatable bonds is 7. The van der Waals surface area contributed by atoms with Crippen LogP contribution in [0.1, 0.15) is 38.8 Å². The first-order valence-electron chi connectivity index (χ1n) is 11.5. The molecule has 0 radical (unpaired) electrons. The number of carbonyl (C=O) groups is 1. The fraction of sp³-hybridized carbons (Fsp3) is 0.0690. The standard InChI is InChI=1S/C29H22N4O4/c1-18-16-22(37-21-10-3-2-4-11-21)14-15-23(18)27-30-26(19-8-7-9-20(17-19)29(34)35)31-28(32-27)24-12-5-6-13-25(24)33-36/h2-17,28H,1H3,(H,34,35)(H,30,31,32). The maximum Gasteiger partial charge on any atom is 0.335 e. The van der Waals surface area contributed by atoms with Gasteiger partial charge in [-0.05, 0) is 66.2 Å². The van der Waals surface area contributed by atoms with Gasteiger partial charge < -0.3 is 15.2 Å². The minimum Gasteiger partial charge on any atom is -0.478 e. The predicted octanol–water partition coefficient (Wildman–Crippen LogP) is 6.38. The van der Waals surface area contributed by atoms with E-state index in [0.29, 0.717) is 28.5 Å². The van der Waals surface area contributed by atoms with Gasteiger partial charge in [-0.15, -0.1) is 4.91 Å². The summed E-state index contributed by atoms with van der Waals surface area (Å²) in [6.07, 6.45) is -0.756.